The Morgan fingerprint density at radius 1 is 1.33 bits per heavy atom. The number of hydrogen-bond donors (Lipinski definition) is 1. The molecule has 21 heavy (non-hydrogen) atoms. The molecule has 0 radical (unpaired) electrons. The first-order chi connectivity index (χ1) is 10.0. The standard InChI is InChI=1S/C15H9BrFN3S/c1-8-4-14-12(6-11(8)17)19-15(21)20(14)13-3-2-10(16)5-9(13)7-18/h2-6H,1H3,(H,19,21). The normalized spacial score (nSPS) is 10.8. The molecule has 6 heteroatoms. The molecular weight excluding hydrogens is 353 g/mol. The number of rotatable bonds is 1. The summed E-state index contributed by atoms with van der Waals surface area (Å²) in [6.07, 6.45) is 0. The molecule has 1 heterocycles. The minimum absolute atomic E-state index is 0.290. The van der Waals surface area contributed by atoms with Crippen LogP contribution in [0.15, 0.2) is 34.8 Å². The molecule has 0 amide bonds. The maximum atomic E-state index is 13.7. The van der Waals surface area contributed by atoms with Crippen LogP contribution in [0.1, 0.15) is 11.1 Å². The lowest BCUT2D eigenvalue weighted by molar-refractivity contribution is 0.620. The number of aryl methyl sites for hydroxylation is 1. The molecule has 0 fully saturated rings. The average molecular weight is 362 g/mol. The molecule has 0 saturated heterocycles. The van der Waals surface area contributed by atoms with Crippen LogP contribution in [-0.4, -0.2) is 9.55 Å². The molecule has 0 aliphatic carbocycles. The molecule has 0 spiro atoms. The van der Waals surface area contributed by atoms with Crippen molar-refractivity contribution < 1.29 is 4.39 Å². The Morgan fingerprint density at radius 3 is 2.81 bits per heavy atom. The Kier molecular flexibility index (Phi) is 3.40. The van der Waals surface area contributed by atoms with Crippen molar-refractivity contribution in [3.05, 3.63) is 56.5 Å². The fourth-order valence-electron chi connectivity index (χ4n) is 2.26. The van der Waals surface area contributed by atoms with Crippen molar-refractivity contribution in [2.45, 2.75) is 6.92 Å². The molecule has 2 aromatic carbocycles. The van der Waals surface area contributed by atoms with Crippen molar-refractivity contribution in [2.24, 2.45) is 0 Å². The predicted octanol–water partition coefficient (Wildman–Crippen LogP) is 4.77. The summed E-state index contributed by atoms with van der Waals surface area (Å²) in [4.78, 5) is 2.98. The van der Waals surface area contributed by atoms with E-state index in [2.05, 4.69) is 27.0 Å². The first-order valence-corrected chi connectivity index (χ1v) is 7.32. The van der Waals surface area contributed by atoms with E-state index in [1.54, 1.807) is 23.6 Å². The fraction of sp³-hybridized carbons (Fsp3) is 0.0667. The number of fused-ring (bicyclic) bond motifs is 1. The molecule has 3 nitrogen and oxygen atoms in total. The van der Waals surface area contributed by atoms with Crippen molar-refractivity contribution in [3.63, 3.8) is 0 Å². The fourth-order valence-corrected chi connectivity index (χ4v) is 2.93. The minimum Gasteiger partial charge on any atom is -0.330 e. The first-order valence-electron chi connectivity index (χ1n) is 6.12. The monoisotopic (exact) mass is 361 g/mol. The van der Waals surface area contributed by atoms with E-state index in [1.165, 1.54) is 6.07 Å². The van der Waals surface area contributed by atoms with Gasteiger partial charge in [0.15, 0.2) is 4.77 Å². The van der Waals surface area contributed by atoms with E-state index in [0.717, 1.165) is 9.99 Å². The van der Waals surface area contributed by atoms with Gasteiger partial charge in [-0.3, -0.25) is 4.57 Å². The van der Waals surface area contributed by atoms with E-state index in [1.807, 2.05) is 12.1 Å². The van der Waals surface area contributed by atoms with E-state index >= 15 is 0 Å². The Balaban J connectivity index is 2.41. The van der Waals surface area contributed by atoms with Gasteiger partial charge < -0.3 is 4.98 Å². The Labute approximate surface area is 133 Å². The number of aromatic amines is 1. The van der Waals surface area contributed by atoms with Crippen LogP contribution in [-0.2, 0) is 0 Å². The van der Waals surface area contributed by atoms with Crippen LogP contribution >= 0.6 is 28.1 Å². The highest BCUT2D eigenvalue weighted by atomic mass is 79.9. The van der Waals surface area contributed by atoms with Gasteiger partial charge in [0.25, 0.3) is 0 Å². The number of nitriles is 1. The summed E-state index contributed by atoms with van der Waals surface area (Å²) >= 11 is 8.67. The largest absolute Gasteiger partial charge is 0.330 e. The maximum absolute atomic E-state index is 13.7. The van der Waals surface area contributed by atoms with E-state index in [-0.39, 0.29) is 5.82 Å². The second-order valence-corrected chi connectivity index (χ2v) is 5.96. The number of hydrogen-bond acceptors (Lipinski definition) is 2. The Hall–Kier alpha value is -1.97. The number of benzene rings is 2. The zero-order valence-corrected chi connectivity index (χ0v) is 13.3. The molecule has 1 N–H and O–H groups in total. The third kappa shape index (κ3) is 2.28. The van der Waals surface area contributed by atoms with Crippen molar-refractivity contribution in [2.75, 3.05) is 0 Å². The summed E-state index contributed by atoms with van der Waals surface area (Å²) in [6.45, 7) is 1.70. The van der Waals surface area contributed by atoms with Crippen LogP contribution in [0.3, 0.4) is 0 Å². The van der Waals surface area contributed by atoms with Gasteiger partial charge in [0, 0.05) is 4.47 Å². The number of imidazole rings is 1. The van der Waals surface area contributed by atoms with Gasteiger partial charge in [0.2, 0.25) is 0 Å². The van der Waals surface area contributed by atoms with E-state index in [9.17, 15) is 9.65 Å². The number of halogens is 2. The lowest BCUT2D eigenvalue weighted by Gasteiger charge is -2.08. The molecule has 0 aliphatic rings. The van der Waals surface area contributed by atoms with Crippen molar-refractivity contribution in [1.29, 1.82) is 5.26 Å². The van der Waals surface area contributed by atoms with Crippen LogP contribution in [0.4, 0.5) is 4.39 Å². The van der Waals surface area contributed by atoms with Gasteiger partial charge in [-0.2, -0.15) is 5.26 Å². The zero-order valence-electron chi connectivity index (χ0n) is 10.9. The highest BCUT2D eigenvalue weighted by molar-refractivity contribution is 9.10. The summed E-state index contributed by atoms with van der Waals surface area (Å²) in [6, 6.07) is 10.7. The van der Waals surface area contributed by atoms with Gasteiger partial charge in [-0.05, 0) is 55.0 Å². The second-order valence-electron chi connectivity index (χ2n) is 4.66. The maximum Gasteiger partial charge on any atom is 0.182 e. The molecular formula is C15H9BrFN3S. The molecule has 3 aromatic rings. The Bertz CT molecular complexity index is 965. The number of nitrogens with zero attached hydrogens (tertiary/aromatic N) is 2. The average Bonchev–Trinajstić information content (AvgIpc) is 2.75. The summed E-state index contributed by atoms with van der Waals surface area (Å²) in [7, 11) is 0. The van der Waals surface area contributed by atoms with E-state index < -0.39 is 0 Å². The number of aromatic nitrogens is 2. The lowest BCUT2D eigenvalue weighted by Crippen LogP contribution is -1.98. The van der Waals surface area contributed by atoms with Crippen LogP contribution in [0.25, 0.3) is 16.7 Å². The van der Waals surface area contributed by atoms with Gasteiger partial charge in [0.05, 0.1) is 22.3 Å². The molecule has 0 aliphatic heterocycles. The number of nitrogens with one attached hydrogen (secondary N) is 1. The van der Waals surface area contributed by atoms with E-state index in [4.69, 9.17) is 12.2 Å². The highest BCUT2D eigenvalue weighted by Crippen LogP contribution is 2.26. The summed E-state index contributed by atoms with van der Waals surface area (Å²) in [5.41, 5.74) is 3.04. The topological polar surface area (TPSA) is 44.5 Å². The summed E-state index contributed by atoms with van der Waals surface area (Å²) in [5, 5.41) is 9.31. The second kappa shape index (κ2) is 5.10. The molecule has 0 unspecified atom stereocenters. The lowest BCUT2D eigenvalue weighted by atomic mass is 10.1. The SMILES string of the molecule is Cc1cc2c(cc1F)[nH]c(=S)n2-c1ccc(Br)cc1C#N. The summed E-state index contributed by atoms with van der Waals surface area (Å²) in [5.74, 6) is -0.290. The molecule has 0 atom stereocenters. The third-order valence-electron chi connectivity index (χ3n) is 3.28. The quantitative estimate of drug-likeness (QED) is 0.634. The smallest absolute Gasteiger partial charge is 0.182 e. The molecule has 0 bridgehead atoms. The van der Waals surface area contributed by atoms with Crippen molar-refractivity contribution >= 4 is 39.2 Å². The van der Waals surface area contributed by atoms with Gasteiger partial charge in [-0.1, -0.05) is 15.9 Å². The van der Waals surface area contributed by atoms with Crippen LogP contribution in [0.2, 0.25) is 0 Å². The van der Waals surface area contributed by atoms with E-state index in [0.29, 0.717) is 27.1 Å². The van der Waals surface area contributed by atoms with Crippen LogP contribution in [0.5, 0.6) is 0 Å². The zero-order chi connectivity index (χ0) is 15.1. The molecule has 1 aromatic heterocycles. The van der Waals surface area contributed by atoms with Gasteiger partial charge >= 0.3 is 0 Å². The highest BCUT2D eigenvalue weighted by Gasteiger charge is 2.12. The van der Waals surface area contributed by atoms with Crippen molar-refractivity contribution in [3.8, 4) is 11.8 Å². The first kappa shape index (κ1) is 14.0. The Morgan fingerprint density at radius 2 is 2.10 bits per heavy atom. The molecule has 0 saturated carbocycles. The predicted molar refractivity (Wildman–Crippen MR) is 85.6 cm³/mol. The van der Waals surface area contributed by atoms with Crippen LogP contribution in [0, 0.1) is 28.8 Å². The van der Waals surface area contributed by atoms with Crippen LogP contribution < -0.4 is 0 Å². The summed E-state index contributed by atoms with van der Waals surface area (Å²) < 4.78 is 16.7. The van der Waals surface area contributed by atoms with Gasteiger partial charge in [0.1, 0.15) is 11.9 Å². The van der Waals surface area contributed by atoms with Gasteiger partial charge in [-0.25, -0.2) is 4.39 Å². The minimum atomic E-state index is -0.290. The third-order valence-corrected chi connectivity index (χ3v) is 4.06. The molecule has 104 valence electrons. The molecule has 3 rings (SSSR count). The number of H-pyrrole nitrogens is 1. The van der Waals surface area contributed by atoms with Crippen molar-refractivity contribution in [1.82, 2.24) is 9.55 Å². The van der Waals surface area contributed by atoms with Gasteiger partial charge in [-0.15, -0.1) is 0 Å².